The average Bonchev–Trinajstić information content (AvgIpc) is 2.64. The first-order chi connectivity index (χ1) is 12.4. The Hall–Kier alpha value is -0.850. The highest BCUT2D eigenvalue weighted by atomic mass is 35.5. The van der Waals surface area contributed by atoms with Gasteiger partial charge in [-0.05, 0) is 62.2 Å². The van der Waals surface area contributed by atoms with Crippen molar-refractivity contribution in [2.24, 2.45) is 0 Å². The Kier molecular flexibility index (Phi) is 7.95. The summed E-state index contributed by atoms with van der Waals surface area (Å²) in [5.41, 5.74) is 1.08. The number of sulfone groups is 1. The number of hydrogen-bond donors (Lipinski definition) is 0. The first-order valence-corrected chi connectivity index (χ1v) is 10.8. The molecule has 27 heavy (non-hydrogen) atoms. The summed E-state index contributed by atoms with van der Waals surface area (Å²) >= 11 is 12.1. The Bertz CT molecular complexity index is 867. The third kappa shape index (κ3) is 5.36. The molecule has 0 spiro atoms. The normalized spacial score (nSPS) is 16.1. The maximum Gasteiger partial charge on any atom is 0.182 e. The van der Waals surface area contributed by atoms with E-state index in [1.165, 1.54) is 18.2 Å². The van der Waals surface area contributed by atoms with E-state index in [-0.39, 0.29) is 33.2 Å². The number of nitrogens with zero attached hydrogens (tertiary/aromatic N) is 1. The molecule has 1 aliphatic heterocycles. The summed E-state index contributed by atoms with van der Waals surface area (Å²) in [6.45, 7) is 2.25. The third-order valence-corrected chi connectivity index (χ3v) is 8.06. The van der Waals surface area contributed by atoms with E-state index >= 15 is 0 Å². The fourth-order valence-corrected chi connectivity index (χ4v) is 5.76. The summed E-state index contributed by atoms with van der Waals surface area (Å²) < 4.78 is 38.7. The van der Waals surface area contributed by atoms with Gasteiger partial charge >= 0.3 is 0 Å². The molecule has 0 unspecified atom stereocenters. The summed E-state index contributed by atoms with van der Waals surface area (Å²) in [5.74, 6) is -0.237. The van der Waals surface area contributed by atoms with Gasteiger partial charge in [0, 0.05) is 6.54 Å². The van der Waals surface area contributed by atoms with Crippen molar-refractivity contribution in [1.82, 2.24) is 4.90 Å². The standard InChI is InChI=1S/C19H20Cl2FNO2S.ClH/c20-17-2-1-3-18(19(17)21)26(24,25)16-9-12-23(13-10-16)11-8-14-4-6-15(22)7-5-14;/h1-7,16H,8-13H2;1H. The summed E-state index contributed by atoms with van der Waals surface area (Å²) in [6, 6.07) is 11.2. The maximum atomic E-state index is 12.9. The molecule has 3 rings (SSSR count). The second kappa shape index (κ2) is 9.57. The molecule has 0 saturated carbocycles. The van der Waals surface area contributed by atoms with E-state index < -0.39 is 15.1 Å². The highest BCUT2D eigenvalue weighted by Crippen LogP contribution is 2.33. The molecule has 2 aromatic carbocycles. The molecule has 0 radical (unpaired) electrons. The van der Waals surface area contributed by atoms with Crippen molar-refractivity contribution in [2.75, 3.05) is 19.6 Å². The third-order valence-electron chi connectivity index (χ3n) is 4.83. The molecule has 0 N–H and O–H groups in total. The van der Waals surface area contributed by atoms with Crippen molar-refractivity contribution >= 4 is 45.4 Å². The van der Waals surface area contributed by atoms with Gasteiger partial charge in [0.2, 0.25) is 0 Å². The van der Waals surface area contributed by atoms with Crippen LogP contribution in [0.2, 0.25) is 10.0 Å². The molecule has 0 aromatic heterocycles. The van der Waals surface area contributed by atoms with Crippen molar-refractivity contribution in [3.63, 3.8) is 0 Å². The van der Waals surface area contributed by atoms with Gasteiger partial charge in [-0.3, -0.25) is 0 Å². The molecular weight excluding hydrogens is 432 g/mol. The van der Waals surface area contributed by atoms with Crippen LogP contribution in [0.5, 0.6) is 0 Å². The zero-order valence-corrected chi connectivity index (χ0v) is 17.7. The van der Waals surface area contributed by atoms with Crippen LogP contribution in [0, 0.1) is 5.82 Å². The summed E-state index contributed by atoms with van der Waals surface area (Å²) in [7, 11) is -3.50. The lowest BCUT2D eigenvalue weighted by Gasteiger charge is -2.31. The lowest BCUT2D eigenvalue weighted by Crippen LogP contribution is -2.40. The molecule has 0 amide bonds. The number of likely N-dealkylation sites (tertiary alicyclic amines) is 1. The zero-order valence-electron chi connectivity index (χ0n) is 14.6. The van der Waals surface area contributed by atoms with Crippen LogP contribution in [0.3, 0.4) is 0 Å². The molecule has 0 bridgehead atoms. The number of hydrogen-bond acceptors (Lipinski definition) is 3. The lowest BCUT2D eigenvalue weighted by molar-refractivity contribution is 0.232. The molecule has 3 nitrogen and oxygen atoms in total. The van der Waals surface area contributed by atoms with Crippen LogP contribution in [-0.2, 0) is 16.3 Å². The molecule has 2 aromatic rings. The predicted molar refractivity (Wildman–Crippen MR) is 110 cm³/mol. The van der Waals surface area contributed by atoms with E-state index in [1.54, 1.807) is 24.3 Å². The molecule has 0 atom stereocenters. The van der Waals surface area contributed by atoms with Crippen LogP contribution in [0.25, 0.3) is 0 Å². The second-order valence-corrected chi connectivity index (χ2v) is 9.50. The Labute approximate surface area is 175 Å². The molecule has 1 heterocycles. The molecule has 148 valence electrons. The van der Waals surface area contributed by atoms with Crippen LogP contribution in [0.4, 0.5) is 4.39 Å². The van der Waals surface area contributed by atoms with Crippen LogP contribution in [0.15, 0.2) is 47.4 Å². The Morgan fingerprint density at radius 3 is 2.30 bits per heavy atom. The summed E-state index contributed by atoms with van der Waals surface area (Å²) in [4.78, 5) is 2.37. The Balaban J connectivity index is 0.00000261. The van der Waals surface area contributed by atoms with Crippen LogP contribution in [0.1, 0.15) is 18.4 Å². The minimum absolute atomic E-state index is 0. The van der Waals surface area contributed by atoms with Gasteiger partial charge in [-0.25, -0.2) is 12.8 Å². The average molecular weight is 453 g/mol. The van der Waals surface area contributed by atoms with Crippen molar-refractivity contribution in [1.29, 1.82) is 0 Å². The van der Waals surface area contributed by atoms with Gasteiger partial charge < -0.3 is 4.90 Å². The van der Waals surface area contributed by atoms with E-state index in [2.05, 4.69) is 4.90 Å². The molecule has 1 fully saturated rings. The largest absolute Gasteiger partial charge is 0.303 e. The fraction of sp³-hybridized carbons (Fsp3) is 0.368. The lowest BCUT2D eigenvalue weighted by atomic mass is 10.1. The van der Waals surface area contributed by atoms with Crippen LogP contribution in [-0.4, -0.2) is 38.2 Å². The Morgan fingerprint density at radius 2 is 1.67 bits per heavy atom. The number of rotatable bonds is 5. The van der Waals surface area contributed by atoms with Crippen molar-refractivity contribution in [3.8, 4) is 0 Å². The van der Waals surface area contributed by atoms with Crippen molar-refractivity contribution < 1.29 is 12.8 Å². The fourth-order valence-electron chi connectivity index (χ4n) is 3.26. The highest BCUT2D eigenvalue weighted by molar-refractivity contribution is 7.92. The van der Waals surface area contributed by atoms with Crippen molar-refractivity contribution in [2.45, 2.75) is 29.4 Å². The molecule has 1 aliphatic rings. The highest BCUT2D eigenvalue weighted by Gasteiger charge is 2.32. The monoisotopic (exact) mass is 451 g/mol. The van der Waals surface area contributed by atoms with Crippen molar-refractivity contribution in [3.05, 3.63) is 63.9 Å². The van der Waals surface area contributed by atoms with Gasteiger partial charge in [0.1, 0.15) is 5.82 Å². The number of benzene rings is 2. The van der Waals surface area contributed by atoms with E-state index in [9.17, 15) is 12.8 Å². The summed E-state index contributed by atoms with van der Waals surface area (Å²) in [6.07, 6.45) is 1.95. The zero-order chi connectivity index (χ0) is 18.7. The van der Waals surface area contributed by atoms with Gasteiger partial charge in [0.25, 0.3) is 0 Å². The quantitative estimate of drug-likeness (QED) is 0.638. The molecular formula is C19H21Cl3FNO2S. The van der Waals surface area contributed by atoms with Crippen LogP contribution < -0.4 is 0 Å². The number of halogens is 4. The van der Waals surface area contributed by atoms with Gasteiger partial charge in [-0.15, -0.1) is 12.4 Å². The minimum Gasteiger partial charge on any atom is -0.303 e. The maximum absolute atomic E-state index is 12.9. The van der Waals surface area contributed by atoms with Gasteiger partial charge in [0.15, 0.2) is 9.84 Å². The van der Waals surface area contributed by atoms with E-state index in [0.29, 0.717) is 25.9 Å². The molecule has 0 aliphatic carbocycles. The topological polar surface area (TPSA) is 37.4 Å². The van der Waals surface area contributed by atoms with Gasteiger partial charge in [-0.1, -0.05) is 41.4 Å². The van der Waals surface area contributed by atoms with E-state index in [1.807, 2.05) is 0 Å². The summed E-state index contributed by atoms with van der Waals surface area (Å²) in [5, 5.41) is -0.0853. The number of piperidine rings is 1. The Morgan fingerprint density at radius 1 is 1.04 bits per heavy atom. The smallest absolute Gasteiger partial charge is 0.182 e. The predicted octanol–water partition coefficient (Wildman–Crippen LogP) is 5.04. The van der Waals surface area contributed by atoms with E-state index in [4.69, 9.17) is 23.2 Å². The van der Waals surface area contributed by atoms with E-state index in [0.717, 1.165) is 18.5 Å². The van der Waals surface area contributed by atoms with Gasteiger partial charge in [-0.2, -0.15) is 0 Å². The van der Waals surface area contributed by atoms with Crippen LogP contribution >= 0.6 is 35.6 Å². The second-order valence-electron chi connectivity index (χ2n) is 6.51. The first kappa shape index (κ1) is 22.4. The van der Waals surface area contributed by atoms with Gasteiger partial charge in [0.05, 0.1) is 20.2 Å². The first-order valence-electron chi connectivity index (χ1n) is 8.52. The molecule has 1 saturated heterocycles. The SMILES string of the molecule is Cl.O=S(=O)(c1cccc(Cl)c1Cl)C1CCN(CCc2ccc(F)cc2)CC1. The minimum atomic E-state index is -3.50. The molecule has 8 heteroatoms.